The number of hydrogen-bond acceptors (Lipinski definition) is 2. The molecular weight excluding hydrogens is 274 g/mol. The van der Waals surface area contributed by atoms with Crippen LogP contribution in [-0.2, 0) is 0 Å². The number of amides is 1. The predicted molar refractivity (Wildman–Crippen MR) is 89.5 cm³/mol. The molecule has 0 saturated heterocycles. The molecule has 22 heavy (non-hydrogen) atoms. The van der Waals surface area contributed by atoms with Crippen LogP contribution < -0.4 is 10.1 Å². The van der Waals surface area contributed by atoms with Crippen LogP contribution in [-0.4, -0.2) is 19.1 Å². The molecule has 2 aromatic carbocycles. The van der Waals surface area contributed by atoms with Crippen molar-refractivity contribution in [3.05, 3.63) is 64.7 Å². The smallest absolute Gasteiger partial charge is 0.251 e. The van der Waals surface area contributed by atoms with Crippen LogP contribution >= 0.6 is 0 Å². The van der Waals surface area contributed by atoms with E-state index in [9.17, 15) is 4.79 Å². The zero-order chi connectivity index (χ0) is 15.9. The van der Waals surface area contributed by atoms with Crippen molar-refractivity contribution in [2.45, 2.75) is 27.2 Å². The Labute approximate surface area is 132 Å². The third kappa shape index (κ3) is 4.62. The minimum Gasteiger partial charge on any atom is -0.493 e. The van der Waals surface area contributed by atoms with Gasteiger partial charge in [0.15, 0.2) is 0 Å². The Morgan fingerprint density at radius 3 is 2.55 bits per heavy atom. The van der Waals surface area contributed by atoms with E-state index in [0.717, 1.165) is 23.3 Å². The monoisotopic (exact) mass is 297 g/mol. The summed E-state index contributed by atoms with van der Waals surface area (Å²) in [5, 5.41) is 2.92. The first-order chi connectivity index (χ1) is 10.6. The molecule has 3 nitrogen and oxygen atoms in total. The molecule has 1 N–H and O–H groups in total. The number of hydrogen-bond donors (Lipinski definition) is 1. The first-order valence-electron chi connectivity index (χ1n) is 7.61. The normalized spacial score (nSPS) is 10.3. The highest BCUT2D eigenvalue weighted by molar-refractivity contribution is 5.94. The largest absolute Gasteiger partial charge is 0.493 e. The van der Waals surface area contributed by atoms with Crippen LogP contribution in [0.25, 0.3) is 0 Å². The number of rotatable bonds is 6. The van der Waals surface area contributed by atoms with Crippen molar-refractivity contribution < 1.29 is 9.53 Å². The highest BCUT2D eigenvalue weighted by Crippen LogP contribution is 2.18. The second-order valence-electron chi connectivity index (χ2n) is 5.60. The molecule has 3 heteroatoms. The second kappa shape index (κ2) is 7.64. The lowest BCUT2D eigenvalue weighted by atomic mass is 10.1. The quantitative estimate of drug-likeness (QED) is 0.823. The number of nitrogens with one attached hydrogen (secondary N) is 1. The third-order valence-corrected chi connectivity index (χ3v) is 3.47. The van der Waals surface area contributed by atoms with E-state index in [4.69, 9.17) is 4.74 Å². The van der Waals surface area contributed by atoms with E-state index in [1.165, 1.54) is 5.56 Å². The predicted octanol–water partition coefficient (Wildman–Crippen LogP) is 3.81. The average Bonchev–Trinajstić information content (AvgIpc) is 2.48. The lowest BCUT2D eigenvalue weighted by molar-refractivity contribution is 0.0951. The van der Waals surface area contributed by atoms with E-state index >= 15 is 0 Å². The molecule has 0 aliphatic carbocycles. The van der Waals surface area contributed by atoms with Crippen LogP contribution in [0, 0.1) is 20.8 Å². The van der Waals surface area contributed by atoms with Crippen molar-refractivity contribution in [2.24, 2.45) is 0 Å². The fraction of sp³-hybridized carbons (Fsp3) is 0.316. The standard InChI is InChI=1S/C19H23NO2/c1-14-6-4-7-17(13-14)19(21)20-10-5-11-22-18-9-8-15(2)12-16(18)3/h4,6-9,12-13H,5,10-11H2,1-3H3,(H,20,21). The summed E-state index contributed by atoms with van der Waals surface area (Å²) in [6.45, 7) is 7.30. The highest BCUT2D eigenvalue weighted by atomic mass is 16.5. The van der Waals surface area contributed by atoms with Crippen LogP contribution in [0.1, 0.15) is 33.5 Å². The fourth-order valence-electron chi connectivity index (χ4n) is 2.31. The van der Waals surface area contributed by atoms with Gasteiger partial charge in [-0.1, -0.05) is 35.4 Å². The van der Waals surface area contributed by atoms with E-state index in [-0.39, 0.29) is 5.91 Å². The van der Waals surface area contributed by atoms with Gasteiger partial charge >= 0.3 is 0 Å². The van der Waals surface area contributed by atoms with E-state index in [0.29, 0.717) is 18.7 Å². The molecule has 0 aromatic heterocycles. The molecule has 0 atom stereocenters. The van der Waals surface area contributed by atoms with Gasteiger partial charge in [-0.05, 0) is 51.0 Å². The molecule has 0 unspecified atom stereocenters. The summed E-state index contributed by atoms with van der Waals surface area (Å²) in [6, 6.07) is 13.7. The van der Waals surface area contributed by atoms with Gasteiger partial charge in [-0.25, -0.2) is 0 Å². The van der Waals surface area contributed by atoms with Gasteiger partial charge < -0.3 is 10.1 Å². The topological polar surface area (TPSA) is 38.3 Å². The van der Waals surface area contributed by atoms with Gasteiger partial charge in [-0.3, -0.25) is 4.79 Å². The zero-order valence-corrected chi connectivity index (χ0v) is 13.5. The maximum absolute atomic E-state index is 12.0. The Morgan fingerprint density at radius 2 is 1.82 bits per heavy atom. The molecule has 0 fully saturated rings. The molecule has 0 radical (unpaired) electrons. The van der Waals surface area contributed by atoms with Gasteiger partial charge in [0.2, 0.25) is 0 Å². The number of carbonyl (C=O) groups excluding carboxylic acids is 1. The molecule has 1 amide bonds. The van der Waals surface area contributed by atoms with Crippen molar-refractivity contribution in [3.63, 3.8) is 0 Å². The molecule has 2 rings (SSSR count). The lowest BCUT2D eigenvalue weighted by Gasteiger charge is -2.10. The maximum atomic E-state index is 12.0. The molecule has 0 saturated carbocycles. The minimum absolute atomic E-state index is 0.0322. The number of carbonyl (C=O) groups is 1. The van der Waals surface area contributed by atoms with E-state index in [2.05, 4.69) is 18.3 Å². The Kier molecular flexibility index (Phi) is 5.59. The van der Waals surface area contributed by atoms with Gasteiger partial charge in [0, 0.05) is 12.1 Å². The first kappa shape index (κ1) is 16.1. The molecule has 0 aliphatic heterocycles. The molecule has 0 spiro atoms. The van der Waals surface area contributed by atoms with Gasteiger partial charge in [0.1, 0.15) is 5.75 Å². The summed E-state index contributed by atoms with van der Waals surface area (Å²) in [6.07, 6.45) is 0.783. The molecule has 2 aromatic rings. The fourth-order valence-corrected chi connectivity index (χ4v) is 2.31. The Balaban J connectivity index is 1.72. The van der Waals surface area contributed by atoms with Crippen molar-refractivity contribution >= 4 is 5.91 Å². The number of aryl methyl sites for hydroxylation is 3. The number of benzene rings is 2. The van der Waals surface area contributed by atoms with Crippen molar-refractivity contribution in [3.8, 4) is 5.75 Å². The summed E-state index contributed by atoms with van der Waals surface area (Å²) in [4.78, 5) is 12.0. The van der Waals surface area contributed by atoms with Crippen molar-refractivity contribution in [2.75, 3.05) is 13.2 Å². The van der Waals surface area contributed by atoms with Crippen LogP contribution in [0.2, 0.25) is 0 Å². The van der Waals surface area contributed by atoms with Crippen LogP contribution in [0.3, 0.4) is 0 Å². The molecular formula is C19H23NO2. The molecule has 0 bridgehead atoms. The van der Waals surface area contributed by atoms with Crippen LogP contribution in [0.4, 0.5) is 0 Å². The van der Waals surface area contributed by atoms with E-state index in [1.807, 2.05) is 50.2 Å². The second-order valence-corrected chi connectivity index (χ2v) is 5.60. The summed E-state index contributed by atoms with van der Waals surface area (Å²) in [5.41, 5.74) is 4.17. The van der Waals surface area contributed by atoms with Gasteiger partial charge in [-0.15, -0.1) is 0 Å². The van der Waals surface area contributed by atoms with Crippen molar-refractivity contribution in [1.29, 1.82) is 0 Å². The van der Waals surface area contributed by atoms with Crippen molar-refractivity contribution in [1.82, 2.24) is 5.32 Å². The maximum Gasteiger partial charge on any atom is 0.251 e. The van der Waals surface area contributed by atoms with Crippen LogP contribution in [0.15, 0.2) is 42.5 Å². The average molecular weight is 297 g/mol. The van der Waals surface area contributed by atoms with Gasteiger partial charge in [0.25, 0.3) is 5.91 Å². The summed E-state index contributed by atoms with van der Waals surface area (Å²) in [5.74, 6) is 0.880. The van der Waals surface area contributed by atoms with Gasteiger partial charge in [-0.2, -0.15) is 0 Å². The molecule has 0 aliphatic rings. The highest BCUT2D eigenvalue weighted by Gasteiger charge is 2.04. The Morgan fingerprint density at radius 1 is 1.05 bits per heavy atom. The molecule has 0 heterocycles. The SMILES string of the molecule is Cc1cccc(C(=O)NCCCOc2ccc(C)cc2C)c1. The zero-order valence-electron chi connectivity index (χ0n) is 13.5. The number of ether oxygens (including phenoxy) is 1. The summed E-state index contributed by atoms with van der Waals surface area (Å²) >= 11 is 0. The van der Waals surface area contributed by atoms with E-state index in [1.54, 1.807) is 0 Å². The van der Waals surface area contributed by atoms with E-state index < -0.39 is 0 Å². The first-order valence-corrected chi connectivity index (χ1v) is 7.61. The summed E-state index contributed by atoms with van der Waals surface area (Å²) < 4.78 is 5.75. The Hall–Kier alpha value is -2.29. The van der Waals surface area contributed by atoms with Gasteiger partial charge in [0.05, 0.1) is 6.61 Å². The van der Waals surface area contributed by atoms with Crippen LogP contribution in [0.5, 0.6) is 5.75 Å². The Bertz CT molecular complexity index is 650. The lowest BCUT2D eigenvalue weighted by Crippen LogP contribution is -2.25. The summed E-state index contributed by atoms with van der Waals surface area (Å²) in [7, 11) is 0. The minimum atomic E-state index is -0.0322. The third-order valence-electron chi connectivity index (χ3n) is 3.47. The molecule has 116 valence electrons.